The summed E-state index contributed by atoms with van der Waals surface area (Å²) < 4.78 is 72.5. The first-order chi connectivity index (χ1) is 47.0. The molecule has 3 aliphatic carbocycles. The van der Waals surface area contributed by atoms with E-state index in [9.17, 15) is 37.1 Å². The van der Waals surface area contributed by atoms with Crippen molar-refractivity contribution in [2.24, 2.45) is 40.9 Å². The van der Waals surface area contributed by atoms with E-state index in [1.54, 1.807) is 27.0 Å². The third-order valence-electron chi connectivity index (χ3n) is 23.6. The third-order valence-corrected chi connectivity index (χ3v) is 23.6. The zero-order chi connectivity index (χ0) is 74.0. The lowest BCUT2D eigenvalue weighted by molar-refractivity contribution is -0.219. The van der Waals surface area contributed by atoms with Crippen LogP contribution in [-0.4, -0.2) is 245 Å². The van der Waals surface area contributed by atoms with Gasteiger partial charge in [0.15, 0.2) is 0 Å². The molecule has 7 fully saturated rings. The highest BCUT2D eigenvalue weighted by Crippen LogP contribution is 2.50. The third kappa shape index (κ3) is 19.2. The number of alkyl halides is 5. The standard InChI is InChI=1S/C73H116F5N11O11/c1-14-44(4)61-68(98)83(9)41-59(92)86(12)55-26-21-18-22-34-89(67(55)97)56-39-47-30-28-46(29-31-47)24-19-17-20-25-53(63(93)80-61)85(11)58(91)36-45(5)84(10)69(99)62(49(15-2)16-3)87(13)70(100)72(42-71(6,7)43-72)81-64(94)54-27-23-35-88(54)65(95)52(79-57(90)40-82(8)66(56)96)33-32-48-37-50(74)60(51(75)38-48)73(76,77)78/h18,21,44-56,60-62H,14-17,19-20,22-43H2,1-13H3,(H,79,90)(H,80,93)(H,81,94)/b21-18-/t44-,45+,46?,47?,48?,50?,51?,52-,53-,54-,55-,56-,60?,61-,62-/m0/s1. The minimum atomic E-state index is -5.15. The summed E-state index contributed by atoms with van der Waals surface area (Å²) >= 11 is 0. The van der Waals surface area contributed by atoms with Crippen molar-refractivity contribution in [2.45, 2.75) is 275 Å². The maximum Gasteiger partial charge on any atom is 0.397 e. The summed E-state index contributed by atoms with van der Waals surface area (Å²) in [6.45, 7) is 11.9. The number of nitrogens with zero attached hydrogens (tertiary/aromatic N) is 8. The number of fused-ring (bicyclic) bond motifs is 9. The van der Waals surface area contributed by atoms with Crippen molar-refractivity contribution >= 4 is 65.0 Å². The fourth-order valence-corrected chi connectivity index (χ4v) is 17.3. The van der Waals surface area contributed by atoms with Gasteiger partial charge in [0.2, 0.25) is 65.0 Å². The summed E-state index contributed by atoms with van der Waals surface area (Å²) in [5.74, 6) is -11.2. The minimum Gasteiger partial charge on any atom is -0.343 e. The summed E-state index contributed by atoms with van der Waals surface area (Å²) in [5, 5.41) is 8.77. The van der Waals surface area contributed by atoms with Gasteiger partial charge in [0.1, 0.15) is 66.1 Å². The first-order valence-electron chi connectivity index (χ1n) is 37.1. The van der Waals surface area contributed by atoms with Gasteiger partial charge in [0.05, 0.1) is 13.1 Å². The highest BCUT2D eigenvalue weighted by Gasteiger charge is 2.59. The molecule has 4 saturated heterocycles. The smallest absolute Gasteiger partial charge is 0.343 e. The van der Waals surface area contributed by atoms with Gasteiger partial charge < -0.3 is 55.1 Å². The lowest BCUT2D eigenvalue weighted by Gasteiger charge is -2.54. The van der Waals surface area contributed by atoms with Crippen molar-refractivity contribution in [1.29, 1.82) is 0 Å². The van der Waals surface area contributed by atoms with Gasteiger partial charge in [0, 0.05) is 67.8 Å². The summed E-state index contributed by atoms with van der Waals surface area (Å²) in [5.41, 5.74) is -2.07. The van der Waals surface area contributed by atoms with Crippen molar-refractivity contribution in [1.82, 2.24) is 55.1 Å². The fraction of sp³-hybridized carbons (Fsp3) is 0.822. The maximum absolute atomic E-state index is 15.5. The molecular formula is C73H116F5N11O11. The Kier molecular flexibility index (Phi) is 28.1. The summed E-state index contributed by atoms with van der Waals surface area (Å²) in [4.78, 5) is 176. The molecule has 2 unspecified atom stereocenters. The number of nitrogens with one attached hydrogen (secondary N) is 3. The molecule has 0 aromatic rings. The fourth-order valence-electron chi connectivity index (χ4n) is 17.3. The lowest BCUT2D eigenvalue weighted by Crippen LogP contribution is -2.71. The molecule has 5 aliphatic heterocycles. The van der Waals surface area contributed by atoms with Crippen LogP contribution in [0.3, 0.4) is 0 Å². The van der Waals surface area contributed by atoms with Gasteiger partial charge in [-0.1, -0.05) is 124 Å². The van der Waals surface area contributed by atoms with E-state index < -0.39 is 192 Å². The molecule has 8 aliphatic rings. The largest absolute Gasteiger partial charge is 0.397 e. The average molecular weight is 1420 g/mol. The topological polar surface area (TPSA) is 250 Å². The van der Waals surface area contributed by atoms with E-state index in [0.717, 1.165) is 30.6 Å². The van der Waals surface area contributed by atoms with Crippen molar-refractivity contribution in [3.8, 4) is 0 Å². The van der Waals surface area contributed by atoms with Crippen LogP contribution in [-0.2, 0) is 52.7 Å². The predicted molar refractivity (Wildman–Crippen MR) is 366 cm³/mol. The summed E-state index contributed by atoms with van der Waals surface area (Å²) in [6.07, 6.45) is 0.0643. The first kappa shape index (κ1) is 80.9. The molecule has 0 radical (unpaired) electrons. The zero-order valence-corrected chi connectivity index (χ0v) is 61.6. The Morgan fingerprint density at radius 1 is 0.570 bits per heavy atom. The number of likely N-dealkylation sites (N-methyl/N-ethyl adjacent to an activating group) is 6. The summed E-state index contributed by atoms with van der Waals surface area (Å²) in [6, 6.07) is -9.17. The number of carbonyl (C=O) groups is 11. The second-order valence-electron chi connectivity index (χ2n) is 31.5. The molecule has 11 amide bonds. The Labute approximate surface area is 589 Å². The van der Waals surface area contributed by atoms with Gasteiger partial charge in [-0.05, 0) is 119 Å². The lowest BCUT2D eigenvalue weighted by atomic mass is 9.58. The molecule has 6 bridgehead atoms. The van der Waals surface area contributed by atoms with Gasteiger partial charge in [-0.15, -0.1) is 0 Å². The van der Waals surface area contributed by atoms with E-state index >= 15 is 37.5 Å². The zero-order valence-electron chi connectivity index (χ0n) is 61.6. The quantitative estimate of drug-likeness (QED) is 0.122. The second kappa shape index (κ2) is 34.7. The predicted octanol–water partition coefficient (Wildman–Crippen LogP) is 7.51. The van der Waals surface area contributed by atoms with Gasteiger partial charge in [0.25, 0.3) is 0 Å². The van der Waals surface area contributed by atoms with Gasteiger partial charge in [-0.25, -0.2) is 8.78 Å². The van der Waals surface area contributed by atoms with Crippen LogP contribution in [0.1, 0.15) is 203 Å². The van der Waals surface area contributed by atoms with Crippen molar-refractivity contribution < 1.29 is 74.7 Å². The van der Waals surface area contributed by atoms with Crippen molar-refractivity contribution in [3.05, 3.63) is 12.2 Å². The molecule has 0 aromatic carbocycles. The molecule has 27 heteroatoms. The SMILES string of the molecule is CCC(CC)[C@H]1C(=O)N(C)[C@H](C)CC(=O)N(C)[C@H]2CCCCCC3CCC(CC3)C[C@@H](C(=O)N(C)CC(=O)N[C@@H](CCC3CC(F)C(C(F)(F)F)C(F)C3)C(=O)N3CCC[C@H]3C(=O)NC3(CC(C)(C)C3)C(=O)N1C)N1CC/C=C\C[C@@H](C1=O)N(C)C(=O)CN(C)C(=O)[C@H]([C@@H](C)CC)NC2=O. The van der Waals surface area contributed by atoms with E-state index in [4.69, 9.17) is 0 Å². The number of amides is 11. The van der Waals surface area contributed by atoms with Gasteiger partial charge >= 0.3 is 6.18 Å². The molecular weight excluding hydrogens is 1300 g/mol. The Balaban J connectivity index is 1.32. The maximum atomic E-state index is 15.5. The van der Waals surface area contributed by atoms with E-state index in [2.05, 4.69) is 16.0 Å². The summed E-state index contributed by atoms with van der Waals surface area (Å²) in [7, 11) is 8.88. The van der Waals surface area contributed by atoms with Crippen molar-refractivity contribution in [2.75, 3.05) is 68.5 Å². The van der Waals surface area contributed by atoms with E-state index in [1.807, 2.05) is 40.7 Å². The number of hydrogen-bond acceptors (Lipinski definition) is 11. The van der Waals surface area contributed by atoms with E-state index in [-0.39, 0.29) is 76.8 Å². The van der Waals surface area contributed by atoms with Crippen LogP contribution in [0.25, 0.3) is 0 Å². The molecule has 3 N–H and O–H groups in total. The normalized spacial score (nSPS) is 33.2. The molecule has 3 saturated carbocycles. The van der Waals surface area contributed by atoms with Crippen LogP contribution < -0.4 is 16.0 Å². The number of rotatable bonds is 8. The first-order valence-corrected chi connectivity index (χ1v) is 37.1. The minimum absolute atomic E-state index is 0.0102. The highest BCUT2D eigenvalue weighted by molar-refractivity contribution is 6.00. The Bertz CT molecular complexity index is 2940. The van der Waals surface area contributed by atoms with E-state index in [0.29, 0.717) is 63.7 Å². The molecule has 8 rings (SSSR count). The Morgan fingerprint density at radius 2 is 1.16 bits per heavy atom. The average Bonchev–Trinajstić information content (AvgIpc) is 0.824. The van der Waals surface area contributed by atoms with Crippen molar-refractivity contribution in [3.63, 3.8) is 0 Å². The molecule has 100 heavy (non-hydrogen) atoms. The van der Waals surface area contributed by atoms with Gasteiger partial charge in [-0.2, -0.15) is 13.2 Å². The molecule has 564 valence electrons. The second-order valence-corrected chi connectivity index (χ2v) is 31.5. The van der Waals surface area contributed by atoms with Crippen LogP contribution in [0.4, 0.5) is 22.0 Å². The van der Waals surface area contributed by atoms with Gasteiger partial charge in [-0.3, -0.25) is 52.7 Å². The molecule has 11 atom stereocenters. The van der Waals surface area contributed by atoms with Crippen LogP contribution in [0, 0.1) is 40.9 Å². The molecule has 0 aromatic heterocycles. The van der Waals surface area contributed by atoms with Crippen LogP contribution in [0.5, 0.6) is 0 Å². The van der Waals surface area contributed by atoms with Crippen LogP contribution in [0.15, 0.2) is 12.2 Å². The Hall–Kier alpha value is -6.44. The van der Waals surface area contributed by atoms with E-state index in [1.165, 1.54) is 69.5 Å². The highest BCUT2D eigenvalue weighted by atomic mass is 19.4. The Morgan fingerprint density at radius 3 is 1.77 bits per heavy atom. The molecule has 1 spiro atoms. The monoisotopic (exact) mass is 1420 g/mol. The number of carbonyl (C=O) groups excluding carboxylic acids is 11. The van der Waals surface area contributed by atoms with Crippen LogP contribution in [0.2, 0.25) is 0 Å². The number of hydrogen-bond donors (Lipinski definition) is 3. The molecule has 22 nitrogen and oxygen atoms in total. The van der Waals surface area contributed by atoms with Crippen LogP contribution >= 0.6 is 0 Å². The number of halogens is 5. The molecule has 5 heterocycles.